The number of sulfonamides is 1. The number of carbonyl (C=O) groups excluding carboxylic acids is 1. The summed E-state index contributed by atoms with van der Waals surface area (Å²) in [5.74, 6) is -0.111. The van der Waals surface area contributed by atoms with Crippen molar-refractivity contribution in [1.29, 1.82) is 0 Å². The first-order valence-electron chi connectivity index (χ1n) is 7.93. The number of rotatable bonds is 7. The summed E-state index contributed by atoms with van der Waals surface area (Å²) >= 11 is 5.80. The van der Waals surface area contributed by atoms with Crippen molar-refractivity contribution in [2.75, 3.05) is 5.32 Å². The van der Waals surface area contributed by atoms with Crippen molar-refractivity contribution in [2.24, 2.45) is 0 Å². The highest BCUT2D eigenvalue weighted by Crippen LogP contribution is 2.15. The molecule has 2 aromatic rings. The molecule has 0 heterocycles. The van der Waals surface area contributed by atoms with Crippen LogP contribution in [-0.2, 0) is 21.2 Å². The van der Waals surface area contributed by atoms with Gasteiger partial charge in [-0.1, -0.05) is 23.7 Å². The number of anilines is 1. The lowest BCUT2D eigenvalue weighted by Crippen LogP contribution is -2.30. The summed E-state index contributed by atoms with van der Waals surface area (Å²) in [6.07, 6.45) is 0.830. The van der Waals surface area contributed by atoms with Crippen molar-refractivity contribution >= 4 is 33.2 Å². The zero-order valence-corrected chi connectivity index (χ0v) is 15.7. The maximum absolute atomic E-state index is 12.1. The van der Waals surface area contributed by atoms with Gasteiger partial charge in [-0.25, -0.2) is 13.1 Å². The minimum atomic E-state index is -3.49. The highest BCUT2D eigenvalue weighted by molar-refractivity contribution is 7.89. The second-order valence-electron chi connectivity index (χ2n) is 5.98. The Morgan fingerprint density at radius 2 is 1.64 bits per heavy atom. The van der Waals surface area contributed by atoms with Gasteiger partial charge in [-0.3, -0.25) is 4.79 Å². The van der Waals surface area contributed by atoms with Crippen LogP contribution in [0.15, 0.2) is 53.4 Å². The van der Waals surface area contributed by atoms with Crippen LogP contribution in [0.1, 0.15) is 25.8 Å². The summed E-state index contributed by atoms with van der Waals surface area (Å²) in [5.41, 5.74) is 1.59. The molecule has 0 unspecified atom stereocenters. The van der Waals surface area contributed by atoms with Crippen LogP contribution in [0.5, 0.6) is 0 Å². The van der Waals surface area contributed by atoms with E-state index in [-0.39, 0.29) is 16.8 Å². The van der Waals surface area contributed by atoms with Gasteiger partial charge in [-0.05, 0) is 62.2 Å². The van der Waals surface area contributed by atoms with Crippen molar-refractivity contribution < 1.29 is 13.2 Å². The Morgan fingerprint density at radius 1 is 1.04 bits per heavy atom. The first-order valence-corrected chi connectivity index (χ1v) is 9.79. The van der Waals surface area contributed by atoms with E-state index in [9.17, 15) is 13.2 Å². The minimum Gasteiger partial charge on any atom is -0.326 e. The maximum atomic E-state index is 12.1. The van der Waals surface area contributed by atoms with Crippen molar-refractivity contribution in [3.63, 3.8) is 0 Å². The second kappa shape index (κ2) is 8.47. The highest BCUT2D eigenvalue weighted by atomic mass is 35.5. The molecule has 0 spiro atoms. The number of amides is 1. The normalized spacial score (nSPS) is 11.5. The third-order valence-electron chi connectivity index (χ3n) is 3.39. The van der Waals surface area contributed by atoms with Gasteiger partial charge in [0.1, 0.15) is 0 Å². The van der Waals surface area contributed by atoms with Gasteiger partial charge in [-0.2, -0.15) is 0 Å². The van der Waals surface area contributed by atoms with E-state index in [1.807, 2.05) is 0 Å². The number of hydrogen-bond acceptors (Lipinski definition) is 3. The lowest BCUT2D eigenvalue weighted by atomic mass is 10.1. The molecular weight excluding hydrogens is 360 g/mol. The molecule has 2 N–H and O–H groups in total. The van der Waals surface area contributed by atoms with Crippen molar-refractivity contribution in [3.05, 3.63) is 59.1 Å². The predicted octanol–water partition coefficient (Wildman–Crippen LogP) is 3.60. The number of halogens is 1. The van der Waals surface area contributed by atoms with Crippen LogP contribution < -0.4 is 10.0 Å². The fourth-order valence-corrected chi connectivity index (χ4v) is 3.61. The monoisotopic (exact) mass is 380 g/mol. The van der Waals surface area contributed by atoms with Gasteiger partial charge in [0.2, 0.25) is 15.9 Å². The second-order valence-corrected chi connectivity index (χ2v) is 8.13. The van der Waals surface area contributed by atoms with Gasteiger partial charge in [-0.15, -0.1) is 0 Å². The number of carbonyl (C=O) groups is 1. The van der Waals surface area contributed by atoms with Gasteiger partial charge in [0, 0.05) is 23.2 Å². The molecule has 0 saturated carbocycles. The SMILES string of the molecule is CC(C)NS(=O)(=O)c1ccc(CCC(=O)Nc2ccc(Cl)cc2)cc1. The van der Waals surface area contributed by atoms with E-state index in [0.717, 1.165) is 5.56 Å². The van der Waals surface area contributed by atoms with Crippen LogP contribution >= 0.6 is 11.6 Å². The smallest absolute Gasteiger partial charge is 0.240 e. The Morgan fingerprint density at radius 3 is 2.20 bits per heavy atom. The van der Waals surface area contributed by atoms with Gasteiger partial charge in [0.25, 0.3) is 0 Å². The van der Waals surface area contributed by atoms with E-state index in [1.54, 1.807) is 62.4 Å². The quantitative estimate of drug-likeness (QED) is 0.770. The molecule has 25 heavy (non-hydrogen) atoms. The van der Waals surface area contributed by atoms with Crippen molar-refractivity contribution in [2.45, 2.75) is 37.6 Å². The Kier molecular flexibility index (Phi) is 6.58. The fourth-order valence-electron chi connectivity index (χ4n) is 2.23. The van der Waals surface area contributed by atoms with Gasteiger partial charge >= 0.3 is 0 Å². The van der Waals surface area contributed by atoms with Gasteiger partial charge in [0.05, 0.1) is 4.90 Å². The standard InChI is InChI=1S/C18H21ClN2O3S/c1-13(2)21-25(23,24)17-10-3-14(4-11-17)5-12-18(22)20-16-8-6-15(19)7-9-16/h3-4,6-11,13,21H,5,12H2,1-2H3,(H,20,22). The summed E-state index contributed by atoms with van der Waals surface area (Å²) in [6, 6.07) is 13.3. The molecule has 0 aliphatic carbocycles. The summed E-state index contributed by atoms with van der Waals surface area (Å²) in [6.45, 7) is 3.54. The largest absolute Gasteiger partial charge is 0.326 e. The molecule has 0 saturated heterocycles. The Bertz CT molecular complexity index is 816. The van der Waals surface area contributed by atoms with E-state index in [2.05, 4.69) is 10.0 Å². The molecule has 1 amide bonds. The van der Waals surface area contributed by atoms with E-state index in [4.69, 9.17) is 11.6 Å². The third kappa shape index (κ3) is 6.16. The third-order valence-corrected chi connectivity index (χ3v) is 5.32. The summed E-state index contributed by atoms with van der Waals surface area (Å²) in [5, 5.41) is 3.40. The lowest BCUT2D eigenvalue weighted by Gasteiger charge is -2.10. The topological polar surface area (TPSA) is 75.3 Å². The molecule has 0 fully saturated rings. The van der Waals surface area contributed by atoms with Crippen LogP contribution in [0.3, 0.4) is 0 Å². The van der Waals surface area contributed by atoms with Crippen LogP contribution in [0, 0.1) is 0 Å². The maximum Gasteiger partial charge on any atom is 0.240 e. The van der Waals surface area contributed by atoms with E-state index < -0.39 is 10.0 Å². The zero-order valence-electron chi connectivity index (χ0n) is 14.1. The number of hydrogen-bond donors (Lipinski definition) is 2. The molecule has 7 heteroatoms. The minimum absolute atomic E-state index is 0.111. The van der Waals surface area contributed by atoms with Crippen LogP contribution in [0.2, 0.25) is 5.02 Å². The molecule has 0 aliphatic rings. The average molecular weight is 381 g/mol. The molecule has 0 aliphatic heterocycles. The van der Waals surface area contributed by atoms with E-state index >= 15 is 0 Å². The Hall–Kier alpha value is -1.89. The number of benzene rings is 2. The zero-order chi connectivity index (χ0) is 18.4. The molecule has 0 atom stereocenters. The molecule has 2 aromatic carbocycles. The van der Waals surface area contributed by atoms with Crippen LogP contribution in [0.25, 0.3) is 0 Å². The molecule has 0 radical (unpaired) electrons. The van der Waals surface area contributed by atoms with E-state index in [0.29, 0.717) is 23.6 Å². The molecule has 2 rings (SSSR count). The van der Waals surface area contributed by atoms with Crippen LogP contribution in [0.4, 0.5) is 5.69 Å². The molecule has 5 nitrogen and oxygen atoms in total. The molecular formula is C18H21ClN2O3S. The highest BCUT2D eigenvalue weighted by Gasteiger charge is 2.15. The summed E-state index contributed by atoms with van der Waals surface area (Å²) in [4.78, 5) is 12.2. The van der Waals surface area contributed by atoms with Crippen LogP contribution in [-0.4, -0.2) is 20.4 Å². The molecule has 134 valence electrons. The summed E-state index contributed by atoms with van der Waals surface area (Å²) in [7, 11) is -3.49. The van der Waals surface area contributed by atoms with Gasteiger partial charge < -0.3 is 5.32 Å². The fraction of sp³-hybridized carbons (Fsp3) is 0.278. The number of aryl methyl sites for hydroxylation is 1. The number of nitrogens with one attached hydrogen (secondary N) is 2. The first-order chi connectivity index (χ1) is 11.8. The molecule has 0 bridgehead atoms. The van der Waals surface area contributed by atoms with Crippen molar-refractivity contribution in [3.8, 4) is 0 Å². The lowest BCUT2D eigenvalue weighted by molar-refractivity contribution is -0.116. The Balaban J connectivity index is 1.91. The Labute approximate surface area is 153 Å². The summed E-state index contributed by atoms with van der Waals surface area (Å²) < 4.78 is 26.7. The van der Waals surface area contributed by atoms with Crippen molar-refractivity contribution in [1.82, 2.24) is 4.72 Å². The molecule has 0 aromatic heterocycles. The van der Waals surface area contributed by atoms with E-state index in [1.165, 1.54) is 0 Å². The predicted molar refractivity (Wildman–Crippen MR) is 100 cm³/mol. The first kappa shape index (κ1) is 19.4. The average Bonchev–Trinajstić information content (AvgIpc) is 2.54. The van der Waals surface area contributed by atoms with Gasteiger partial charge in [0.15, 0.2) is 0 Å².